The lowest BCUT2D eigenvalue weighted by molar-refractivity contribution is 0.485. The topological polar surface area (TPSA) is 40.7 Å². The number of halogens is 1. The van der Waals surface area contributed by atoms with Crippen LogP contribution in [0.25, 0.3) is 0 Å². The van der Waals surface area contributed by atoms with Crippen molar-refractivity contribution in [3.63, 3.8) is 0 Å². The molecule has 1 aromatic carbocycles. The number of H-pyrrole nitrogens is 1. The van der Waals surface area contributed by atoms with E-state index in [1.54, 1.807) is 6.20 Å². The lowest BCUT2D eigenvalue weighted by atomic mass is 10.1. The maximum Gasteiger partial charge on any atom is 0.0518 e. The highest BCUT2D eigenvalue weighted by Crippen LogP contribution is 2.20. The number of hydrogen-bond acceptors (Lipinski definition) is 2. The molecule has 0 fully saturated rings. The molecule has 0 radical (unpaired) electrons. The van der Waals surface area contributed by atoms with Crippen LogP contribution >= 0.6 is 15.9 Å². The van der Waals surface area contributed by atoms with Crippen LogP contribution in [0.1, 0.15) is 37.2 Å². The van der Waals surface area contributed by atoms with Gasteiger partial charge in [-0.3, -0.25) is 5.10 Å². The summed E-state index contributed by atoms with van der Waals surface area (Å²) in [5, 5.41) is 10.5. The Morgan fingerprint density at radius 1 is 1.24 bits per heavy atom. The van der Waals surface area contributed by atoms with E-state index in [2.05, 4.69) is 63.5 Å². The van der Waals surface area contributed by atoms with Crippen LogP contribution < -0.4 is 5.32 Å². The Hall–Kier alpha value is -1.13. The summed E-state index contributed by atoms with van der Waals surface area (Å²) in [7, 11) is 0. The van der Waals surface area contributed by atoms with Crippen molar-refractivity contribution < 1.29 is 0 Å². The minimum atomic E-state index is 0.256. The minimum Gasteiger partial charge on any atom is -0.302 e. The van der Waals surface area contributed by atoms with Crippen LogP contribution in [-0.2, 0) is 0 Å². The fourth-order valence-electron chi connectivity index (χ4n) is 1.84. The van der Waals surface area contributed by atoms with Crippen molar-refractivity contribution in [2.75, 3.05) is 0 Å². The van der Waals surface area contributed by atoms with E-state index in [1.807, 2.05) is 12.1 Å². The zero-order valence-electron chi connectivity index (χ0n) is 9.94. The molecule has 90 valence electrons. The van der Waals surface area contributed by atoms with Crippen LogP contribution in [-0.4, -0.2) is 10.2 Å². The number of rotatable bonds is 4. The van der Waals surface area contributed by atoms with Crippen molar-refractivity contribution in [1.29, 1.82) is 0 Å². The monoisotopic (exact) mass is 293 g/mol. The van der Waals surface area contributed by atoms with Crippen molar-refractivity contribution in [2.45, 2.75) is 25.9 Å². The van der Waals surface area contributed by atoms with Crippen LogP contribution in [0, 0.1) is 0 Å². The number of hydrogen-bond donors (Lipinski definition) is 2. The van der Waals surface area contributed by atoms with Crippen molar-refractivity contribution in [1.82, 2.24) is 15.5 Å². The summed E-state index contributed by atoms with van der Waals surface area (Å²) in [5.74, 6) is 0. The molecule has 0 spiro atoms. The van der Waals surface area contributed by atoms with Gasteiger partial charge >= 0.3 is 0 Å². The zero-order valence-corrected chi connectivity index (χ0v) is 11.5. The van der Waals surface area contributed by atoms with Crippen molar-refractivity contribution in [3.05, 3.63) is 52.3 Å². The van der Waals surface area contributed by atoms with Crippen LogP contribution in [0.4, 0.5) is 0 Å². The molecule has 17 heavy (non-hydrogen) atoms. The van der Waals surface area contributed by atoms with Gasteiger partial charge in [-0.1, -0.05) is 28.1 Å². The second-order valence-electron chi connectivity index (χ2n) is 4.18. The molecule has 0 amide bonds. The standard InChI is InChI=1S/C13H16BrN3/c1-9(11-4-3-5-12(14)8-11)16-10(2)13-6-7-15-17-13/h3-10,16H,1-2H3,(H,15,17). The molecule has 2 atom stereocenters. The Balaban J connectivity index is 2.04. The Morgan fingerprint density at radius 3 is 2.71 bits per heavy atom. The third-order valence-electron chi connectivity index (χ3n) is 2.84. The minimum absolute atomic E-state index is 0.256. The van der Waals surface area contributed by atoms with Gasteiger partial charge < -0.3 is 5.32 Å². The maximum absolute atomic E-state index is 3.96. The third-order valence-corrected chi connectivity index (χ3v) is 3.33. The van der Waals surface area contributed by atoms with E-state index < -0.39 is 0 Å². The number of aromatic nitrogens is 2. The second-order valence-corrected chi connectivity index (χ2v) is 5.09. The summed E-state index contributed by atoms with van der Waals surface area (Å²) in [6.45, 7) is 4.29. The second kappa shape index (κ2) is 5.47. The first-order valence-corrected chi connectivity index (χ1v) is 6.47. The molecule has 1 heterocycles. The molecule has 2 rings (SSSR count). The Kier molecular flexibility index (Phi) is 3.97. The zero-order chi connectivity index (χ0) is 12.3. The van der Waals surface area contributed by atoms with E-state index in [0.29, 0.717) is 6.04 Å². The number of aromatic amines is 1. The summed E-state index contributed by atoms with van der Waals surface area (Å²) in [6, 6.07) is 10.9. The SMILES string of the molecule is CC(NC(C)c1ccn[nH]1)c1cccc(Br)c1. The first-order valence-electron chi connectivity index (χ1n) is 5.67. The molecule has 4 heteroatoms. The maximum atomic E-state index is 3.96. The van der Waals surface area contributed by atoms with E-state index in [9.17, 15) is 0 Å². The van der Waals surface area contributed by atoms with Crippen molar-refractivity contribution >= 4 is 15.9 Å². The highest BCUT2D eigenvalue weighted by Gasteiger charge is 2.11. The third kappa shape index (κ3) is 3.17. The molecule has 0 bridgehead atoms. The molecule has 0 aliphatic heterocycles. The fourth-order valence-corrected chi connectivity index (χ4v) is 2.26. The average molecular weight is 294 g/mol. The Morgan fingerprint density at radius 2 is 2.06 bits per heavy atom. The van der Waals surface area contributed by atoms with E-state index in [1.165, 1.54) is 5.56 Å². The van der Waals surface area contributed by atoms with Gasteiger partial charge in [-0.2, -0.15) is 5.10 Å². The summed E-state index contributed by atoms with van der Waals surface area (Å²) in [5.41, 5.74) is 2.37. The fraction of sp³-hybridized carbons (Fsp3) is 0.308. The lowest BCUT2D eigenvalue weighted by Gasteiger charge is -2.19. The van der Waals surface area contributed by atoms with E-state index >= 15 is 0 Å². The van der Waals surface area contributed by atoms with Gasteiger partial charge in [0.1, 0.15) is 0 Å². The summed E-state index contributed by atoms with van der Waals surface area (Å²) in [6.07, 6.45) is 1.78. The summed E-state index contributed by atoms with van der Waals surface area (Å²) < 4.78 is 1.11. The molecule has 1 aromatic heterocycles. The molecule has 0 aliphatic rings. The number of nitrogens with zero attached hydrogens (tertiary/aromatic N) is 1. The van der Waals surface area contributed by atoms with E-state index in [4.69, 9.17) is 0 Å². The largest absolute Gasteiger partial charge is 0.302 e. The highest BCUT2D eigenvalue weighted by atomic mass is 79.9. The molecule has 3 nitrogen and oxygen atoms in total. The van der Waals surface area contributed by atoms with E-state index in [0.717, 1.165) is 10.2 Å². The van der Waals surface area contributed by atoms with Crippen molar-refractivity contribution in [3.8, 4) is 0 Å². The van der Waals surface area contributed by atoms with Gasteiger partial charge in [0.25, 0.3) is 0 Å². The van der Waals surface area contributed by atoms with Crippen LogP contribution in [0.15, 0.2) is 41.0 Å². The molecular weight excluding hydrogens is 278 g/mol. The molecule has 2 unspecified atom stereocenters. The van der Waals surface area contributed by atoms with Gasteiger partial charge in [0.05, 0.1) is 5.69 Å². The van der Waals surface area contributed by atoms with Gasteiger partial charge in [-0.05, 0) is 37.6 Å². The van der Waals surface area contributed by atoms with Gasteiger partial charge in [0.2, 0.25) is 0 Å². The molecule has 2 aromatic rings. The predicted molar refractivity (Wildman–Crippen MR) is 72.7 cm³/mol. The highest BCUT2D eigenvalue weighted by molar-refractivity contribution is 9.10. The molecule has 0 aliphatic carbocycles. The Bertz CT molecular complexity index is 467. The molecule has 0 saturated heterocycles. The lowest BCUT2D eigenvalue weighted by Crippen LogP contribution is -2.22. The van der Waals surface area contributed by atoms with Gasteiger partial charge in [0, 0.05) is 22.8 Å². The smallest absolute Gasteiger partial charge is 0.0518 e. The first kappa shape index (κ1) is 12.3. The molecule has 0 saturated carbocycles. The van der Waals surface area contributed by atoms with Crippen LogP contribution in [0.5, 0.6) is 0 Å². The van der Waals surface area contributed by atoms with Crippen LogP contribution in [0.2, 0.25) is 0 Å². The molecule has 2 N–H and O–H groups in total. The average Bonchev–Trinajstić information content (AvgIpc) is 2.82. The van der Waals surface area contributed by atoms with Crippen LogP contribution in [0.3, 0.4) is 0 Å². The normalized spacial score (nSPS) is 14.5. The quantitative estimate of drug-likeness (QED) is 0.904. The predicted octanol–water partition coefficient (Wildman–Crippen LogP) is 3.58. The van der Waals surface area contributed by atoms with E-state index in [-0.39, 0.29) is 6.04 Å². The number of benzene rings is 1. The van der Waals surface area contributed by atoms with Gasteiger partial charge in [-0.25, -0.2) is 0 Å². The Labute approximate surface area is 110 Å². The molecular formula is C13H16BrN3. The first-order chi connectivity index (χ1) is 8.16. The van der Waals surface area contributed by atoms with Gasteiger partial charge in [0.15, 0.2) is 0 Å². The van der Waals surface area contributed by atoms with Crippen molar-refractivity contribution in [2.24, 2.45) is 0 Å². The van der Waals surface area contributed by atoms with Gasteiger partial charge in [-0.15, -0.1) is 0 Å². The number of nitrogens with one attached hydrogen (secondary N) is 2. The summed E-state index contributed by atoms with van der Waals surface area (Å²) in [4.78, 5) is 0. The summed E-state index contributed by atoms with van der Waals surface area (Å²) >= 11 is 3.49.